The molecule has 0 heterocycles. The van der Waals surface area contributed by atoms with Crippen LogP contribution in [0.5, 0.6) is 0 Å². The molecule has 4 heteroatoms. The molecule has 1 aromatic carbocycles. The van der Waals surface area contributed by atoms with Crippen LogP contribution in [-0.4, -0.2) is 35.2 Å². The van der Waals surface area contributed by atoms with Gasteiger partial charge in [-0.2, -0.15) is 0 Å². The number of aliphatic hydroxyl groups excluding tert-OH is 2. The van der Waals surface area contributed by atoms with Crippen molar-refractivity contribution in [1.82, 2.24) is 5.32 Å². The van der Waals surface area contributed by atoms with Crippen molar-refractivity contribution in [1.29, 1.82) is 0 Å². The van der Waals surface area contributed by atoms with Crippen LogP contribution in [0.2, 0.25) is 0 Å². The van der Waals surface area contributed by atoms with E-state index >= 15 is 0 Å². The van der Waals surface area contributed by atoms with Gasteiger partial charge in [0, 0.05) is 17.2 Å². The van der Waals surface area contributed by atoms with Gasteiger partial charge in [-0.25, -0.2) is 0 Å². The fourth-order valence-electron chi connectivity index (χ4n) is 1.63. The molecule has 0 aliphatic heterocycles. The molecule has 0 bridgehead atoms. The molecule has 0 spiro atoms. The summed E-state index contributed by atoms with van der Waals surface area (Å²) in [6.45, 7) is 5.92. The number of aryl methyl sites for hydroxylation is 1. The van der Waals surface area contributed by atoms with E-state index in [1.54, 1.807) is 11.8 Å². The summed E-state index contributed by atoms with van der Waals surface area (Å²) in [5, 5.41) is 21.6. The van der Waals surface area contributed by atoms with Gasteiger partial charge in [-0.15, -0.1) is 11.8 Å². The maximum absolute atomic E-state index is 9.39. The minimum absolute atomic E-state index is 0.178. The second-order valence-electron chi connectivity index (χ2n) is 4.44. The highest BCUT2D eigenvalue weighted by Crippen LogP contribution is 2.24. The smallest absolute Gasteiger partial charge is 0.0864 e. The third-order valence-electron chi connectivity index (χ3n) is 2.60. The van der Waals surface area contributed by atoms with E-state index in [1.807, 2.05) is 0 Å². The van der Waals surface area contributed by atoms with Crippen molar-refractivity contribution < 1.29 is 10.2 Å². The normalized spacial score (nSPS) is 12.7. The molecule has 0 aliphatic rings. The molecular formula is C14H23NO2S. The molecule has 1 aromatic rings. The summed E-state index contributed by atoms with van der Waals surface area (Å²) in [7, 11) is 0. The fourth-order valence-corrected chi connectivity index (χ4v) is 2.58. The van der Waals surface area contributed by atoms with Crippen molar-refractivity contribution in [2.24, 2.45) is 0 Å². The molecule has 0 aromatic heterocycles. The molecule has 0 amide bonds. The van der Waals surface area contributed by atoms with E-state index in [4.69, 9.17) is 5.11 Å². The lowest BCUT2D eigenvalue weighted by atomic mass is 10.1. The number of nitrogens with one attached hydrogen (secondary N) is 1. The summed E-state index contributed by atoms with van der Waals surface area (Å²) in [6, 6.07) is 6.35. The van der Waals surface area contributed by atoms with Gasteiger partial charge >= 0.3 is 0 Å². The molecule has 1 atom stereocenters. The van der Waals surface area contributed by atoms with Crippen LogP contribution in [0.25, 0.3) is 0 Å². The average Bonchev–Trinajstić information content (AvgIpc) is 2.37. The Hall–Kier alpha value is -0.550. The molecule has 18 heavy (non-hydrogen) atoms. The first-order chi connectivity index (χ1) is 8.67. The highest BCUT2D eigenvalue weighted by Gasteiger charge is 2.07. The lowest BCUT2D eigenvalue weighted by Crippen LogP contribution is -2.16. The van der Waals surface area contributed by atoms with Gasteiger partial charge in [-0.1, -0.05) is 24.6 Å². The van der Waals surface area contributed by atoms with Gasteiger partial charge in [0.05, 0.1) is 12.7 Å². The first-order valence-electron chi connectivity index (χ1n) is 6.39. The summed E-state index contributed by atoms with van der Waals surface area (Å²) >= 11 is 1.60. The van der Waals surface area contributed by atoms with Crippen molar-refractivity contribution in [2.45, 2.75) is 37.8 Å². The Bertz CT molecular complexity index is 358. The van der Waals surface area contributed by atoms with E-state index in [2.05, 4.69) is 37.4 Å². The highest BCUT2D eigenvalue weighted by atomic mass is 32.2. The summed E-state index contributed by atoms with van der Waals surface area (Å²) < 4.78 is 0. The van der Waals surface area contributed by atoms with Gasteiger partial charge in [-0.05, 0) is 31.5 Å². The van der Waals surface area contributed by atoms with Crippen LogP contribution in [0.15, 0.2) is 23.1 Å². The standard InChI is InChI=1S/C14H23NO2S/c1-3-6-15-8-12-7-11(2)4-5-14(12)18-10-13(17)9-16/h4-5,7,13,15-17H,3,6,8-10H2,1-2H3. The zero-order valence-electron chi connectivity index (χ0n) is 11.1. The molecule has 102 valence electrons. The predicted octanol–water partition coefficient (Wildman–Crippen LogP) is 1.94. The van der Waals surface area contributed by atoms with Gasteiger partial charge in [0.1, 0.15) is 0 Å². The summed E-state index contributed by atoms with van der Waals surface area (Å²) in [5.41, 5.74) is 2.51. The third-order valence-corrected chi connectivity index (χ3v) is 3.86. The van der Waals surface area contributed by atoms with Crippen LogP contribution in [0, 0.1) is 6.92 Å². The molecule has 1 unspecified atom stereocenters. The Balaban J connectivity index is 2.63. The van der Waals surface area contributed by atoms with Crippen molar-refractivity contribution in [3.05, 3.63) is 29.3 Å². The second-order valence-corrected chi connectivity index (χ2v) is 5.50. The highest BCUT2D eigenvalue weighted by molar-refractivity contribution is 7.99. The second kappa shape index (κ2) is 8.53. The van der Waals surface area contributed by atoms with Gasteiger partial charge in [0.25, 0.3) is 0 Å². The van der Waals surface area contributed by atoms with E-state index in [9.17, 15) is 5.11 Å². The zero-order chi connectivity index (χ0) is 13.4. The first-order valence-corrected chi connectivity index (χ1v) is 7.38. The SMILES string of the molecule is CCCNCc1cc(C)ccc1SCC(O)CO. The lowest BCUT2D eigenvalue weighted by Gasteiger charge is -2.12. The number of thioether (sulfide) groups is 1. The summed E-state index contributed by atoms with van der Waals surface area (Å²) in [4.78, 5) is 1.18. The number of hydrogen-bond acceptors (Lipinski definition) is 4. The largest absolute Gasteiger partial charge is 0.394 e. The topological polar surface area (TPSA) is 52.5 Å². The number of hydrogen-bond donors (Lipinski definition) is 3. The van der Waals surface area contributed by atoms with Crippen molar-refractivity contribution in [2.75, 3.05) is 18.9 Å². The number of benzene rings is 1. The fraction of sp³-hybridized carbons (Fsp3) is 0.571. The lowest BCUT2D eigenvalue weighted by molar-refractivity contribution is 0.113. The van der Waals surface area contributed by atoms with Crippen LogP contribution >= 0.6 is 11.8 Å². The minimum atomic E-state index is -0.646. The van der Waals surface area contributed by atoms with Crippen molar-refractivity contribution in [3.8, 4) is 0 Å². The number of aliphatic hydroxyl groups is 2. The van der Waals surface area contributed by atoms with Crippen molar-refractivity contribution >= 4 is 11.8 Å². The van der Waals surface area contributed by atoms with Gasteiger partial charge < -0.3 is 15.5 Å². The summed E-state index contributed by atoms with van der Waals surface area (Å²) in [6.07, 6.45) is 0.477. The molecule has 0 saturated carbocycles. The average molecular weight is 269 g/mol. The molecule has 1 rings (SSSR count). The van der Waals surface area contributed by atoms with Gasteiger partial charge in [-0.3, -0.25) is 0 Å². The Labute approximate surface area is 114 Å². The van der Waals surface area contributed by atoms with E-state index in [1.165, 1.54) is 16.0 Å². The van der Waals surface area contributed by atoms with E-state index in [-0.39, 0.29) is 6.61 Å². The van der Waals surface area contributed by atoms with Gasteiger partial charge in [0.15, 0.2) is 0 Å². The van der Waals surface area contributed by atoms with Crippen LogP contribution in [0.1, 0.15) is 24.5 Å². The molecule has 0 radical (unpaired) electrons. The van der Waals surface area contributed by atoms with E-state index in [0.717, 1.165) is 19.5 Å². The Morgan fingerprint density at radius 1 is 1.39 bits per heavy atom. The van der Waals surface area contributed by atoms with Gasteiger partial charge in [0.2, 0.25) is 0 Å². The Morgan fingerprint density at radius 3 is 2.83 bits per heavy atom. The maximum Gasteiger partial charge on any atom is 0.0864 e. The van der Waals surface area contributed by atoms with Crippen LogP contribution in [0.4, 0.5) is 0 Å². The first kappa shape index (κ1) is 15.5. The Kier molecular flexibility index (Phi) is 7.35. The minimum Gasteiger partial charge on any atom is -0.394 e. The van der Waals surface area contributed by atoms with E-state index < -0.39 is 6.10 Å². The molecule has 0 fully saturated rings. The van der Waals surface area contributed by atoms with Crippen molar-refractivity contribution in [3.63, 3.8) is 0 Å². The quantitative estimate of drug-likeness (QED) is 0.499. The van der Waals surface area contributed by atoms with E-state index in [0.29, 0.717) is 5.75 Å². The zero-order valence-corrected chi connectivity index (χ0v) is 12.0. The predicted molar refractivity (Wildman–Crippen MR) is 77.0 cm³/mol. The van der Waals surface area contributed by atoms with Crippen LogP contribution in [0.3, 0.4) is 0 Å². The Morgan fingerprint density at radius 2 is 2.17 bits per heavy atom. The monoisotopic (exact) mass is 269 g/mol. The molecule has 3 N–H and O–H groups in total. The van der Waals surface area contributed by atoms with Crippen LogP contribution in [-0.2, 0) is 6.54 Å². The summed E-state index contributed by atoms with van der Waals surface area (Å²) in [5.74, 6) is 0.528. The number of rotatable bonds is 8. The third kappa shape index (κ3) is 5.40. The molecule has 0 aliphatic carbocycles. The molecule has 3 nitrogen and oxygen atoms in total. The molecular weight excluding hydrogens is 246 g/mol. The van der Waals surface area contributed by atoms with Crippen LogP contribution < -0.4 is 5.32 Å². The maximum atomic E-state index is 9.39. The molecule has 0 saturated heterocycles.